The molecule has 2 heteroatoms. The topological polar surface area (TPSA) is 0 Å². The number of allylic oxidation sites excluding steroid dienone is 2. The Bertz CT molecular complexity index is 1380. The maximum atomic E-state index is 3.51. The Morgan fingerprint density at radius 1 is 0.577 bits per heavy atom. The summed E-state index contributed by atoms with van der Waals surface area (Å²) in [5.74, 6) is 1.38. The number of rotatable bonds is 0. The molecule has 0 heterocycles. The van der Waals surface area contributed by atoms with Crippen LogP contribution < -0.4 is 0 Å². The van der Waals surface area contributed by atoms with Crippen molar-refractivity contribution in [3.05, 3.63) is 94.1 Å². The van der Waals surface area contributed by atoms with Crippen molar-refractivity contribution in [2.75, 3.05) is 0 Å². The predicted molar refractivity (Wildman–Crippen MR) is 110 cm³/mol. The molecule has 3 aliphatic carbocycles. The van der Waals surface area contributed by atoms with Gasteiger partial charge in [0, 0.05) is 5.57 Å². The molecule has 116 valence electrons. The summed E-state index contributed by atoms with van der Waals surface area (Å²) in [6.45, 7) is 0. The van der Waals surface area contributed by atoms with Crippen LogP contribution in [0.2, 0.25) is 0 Å². The van der Waals surface area contributed by atoms with Gasteiger partial charge < -0.3 is 13.5 Å². The van der Waals surface area contributed by atoms with Crippen LogP contribution in [0.1, 0.15) is 22.3 Å². The van der Waals surface area contributed by atoms with E-state index in [9.17, 15) is 0 Å². The molecule has 26 heavy (non-hydrogen) atoms. The summed E-state index contributed by atoms with van der Waals surface area (Å²) >= 11 is 0. The first kappa shape index (κ1) is 16.4. The zero-order chi connectivity index (χ0) is 15.4. The summed E-state index contributed by atoms with van der Waals surface area (Å²) in [5, 5.41) is 8.27. The van der Waals surface area contributed by atoms with Crippen molar-refractivity contribution in [3.8, 4) is 0 Å². The molecular weight excluding hydrogens is 521 g/mol. The molecule has 0 N–H and O–H groups in total. The minimum Gasteiger partial charge on any atom is -0.813 e. The van der Waals surface area contributed by atoms with Gasteiger partial charge in [-0.1, -0.05) is 54.6 Å². The second-order valence-electron chi connectivity index (χ2n) is 6.90. The molecule has 0 aliphatic heterocycles. The molecule has 0 nitrogen and oxygen atoms in total. The Morgan fingerprint density at radius 3 is 1.81 bits per heavy atom. The Morgan fingerprint density at radius 2 is 1.12 bits per heavy atom. The number of benzene rings is 4. The summed E-state index contributed by atoms with van der Waals surface area (Å²) in [6, 6.07) is 18.1. The van der Waals surface area contributed by atoms with E-state index in [1.54, 1.807) is 0 Å². The van der Waals surface area contributed by atoms with Crippen LogP contribution >= 0.6 is 0 Å². The third-order valence-corrected chi connectivity index (χ3v) is 5.80. The number of thiol groups is 1. The van der Waals surface area contributed by atoms with Crippen LogP contribution in [0.25, 0.3) is 44.5 Å². The van der Waals surface area contributed by atoms with E-state index < -0.39 is 0 Å². The predicted octanol–water partition coefficient (Wildman–Crippen LogP) is 5.74. The molecule has 7 rings (SSSR count). The summed E-state index contributed by atoms with van der Waals surface area (Å²) in [4.78, 5) is 0. The molecule has 4 aromatic rings. The van der Waals surface area contributed by atoms with E-state index in [1.807, 2.05) is 0 Å². The standard InChI is InChI=1S/C24H11.Hg.H2S/c1-2-14-5-6-16-9-11-18-12-10-17-8-7-15-4-3-13(1)19-20(14)22(16)24(18)23(17)21(15)19;;/h1-11H;;1H2/q;+1;/p-1. The molecule has 2 radical (unpaired) electrons. The third-order valence-electron chi connectivity index (χ3n) is 5.80. The smallest absolute Gasteiger partial charge is 0.813 e. The molecule has 0 bridgehead atoms. The summed E-state index contributed by atoms with van der Waals surface area (Å²) in [6.07, 6.45) is 6.61. The van der Waals surface area contributed by atoms with E-state index in [0.29, 0.717) is 0 Å². The van der Waals surface area contributed by atoms with Gasteiger partial charge in [-0.05, 0) is 66.7 Å². The van der Waals surface area contributed by atoms with Crippen molar-refractivity contribution in [3.63, 3.8) is 0 Å². The Kier molecular flexibility index (Phi) is 3.38. The van der Waals surface area contributed by atoms with Gasteiger partial charge >= 0.3 is 27.7 Å². The van der Waals surface area contributed by atoms with Gasteiger partial charge in [0.05, 0.1) is 5.92 Å². The van der Waals surface area contributed by atoms with Crippen LogP contribution in [-0.4, -0.2) is 0 Å². The molecule has 0 unspecified atom stereocenters. The first-order valence-corrected chi connectivity index (χ1v) is 8.38. The fourth-order valence-electron chi connectivity index (χ4n) is 4.81. The van der Waals surface area contributed by atoms with E-state index >= 15 is 0 Å². The van der Waals surface area contributed by atoms with Gasteiger partial charge in [-0.2, -0.15) is 0 Å². The first-order valence-electron chi connectivity index (χ1n) is 8.38. The molecule has 0 fully saturated rings. The van der Waals surface area contributed by atoms with Gasteiger partial charge in [0.2, 0.25) is 0 Å². The maximum absolute atomic E-state index is 3.51. The summed E-state index contributed by atoms with van der Waals surface area (Å²) in [7, 11) is 0. The molecule has 4 aromatic carbocycles. The van der Waals surface area contributed by atoms with E-state index in [0.717, 1.165) is 0 Å². The minimum atomic E-state index is 0. The fourth-order valence-corrected chi connectivity index (χ4v) is 4.81. The molecular formula is C24H12HgS. The van der Waals surface area contributed by atoms with E-state index in [2.05, 4.69) is 72.5 Å². The Labute approximate surface area is 178 Å². The fraction of sp³-hybridized carbons (Fsp3) is 0. The van der Waals surface area contributed by atoms with Crippen LogP contribution in [0.4, 0.5) is 0 Å². The van der Waals surface area contributed by atoms with Crippen molar-refractivity contribution < 1.29 is 27.7 Å². The van der Waals surface area contributed by atoms with Crippen molar-refractivity contribution >= 4 is 58.0 Å². The maximum Gasteiger partial charge on any atom is 1.00 e. The third kappa shape index (κ3) is 1.72. The first-order chi connectivity index (χ1) is 11.9. The molecule has 3 aliphatic rings. The normalized spacial score (nSPS) is 15.0. The van der Waals surface area contributed by atoms with Crippen LogP contribution in [0, 0.1) is 5.92 Å². The molecule has 0 aromatic heterocycles. The molecule has 0 spiro atoms. The van der Waals surface area contributed by atoms with Gasteiger partial charge in [0.15, 0.2) is 0 Å². The quantitative estimate of drug-likeness (QED) is 0.0915. The van der Waals surface area contributed by atoms with E-state index in [4.69, 9.17) is 0 Å². The molecule has 0 saturated heterocycles. The van der Waals surface area contributed by atoms with Gasteiger partial charge in [-0.3, -0.25) is 0 Å². The molecule has 0 saturated carbocycles. The second kappa shape index (κ2) is 5.36. The van der Waals surface area contributed by atoms with Crippen molar-refractivity contribution in [1.82, 2.24) is 0 Å². The van der Waals surface area contributed by atoms with Crippen molar-refractivity contribution in [1.29, 1.82) is 0 Å². The average molecular weight is 533 g/mol. The van der Waals surface area contributed by atoms with Crippen molar-refractivity contribution in [2.24, 2.45) is 0 Å². The van der Waals surface area contributed by atoms with Crippen LogP contribution in [-0.2, 0) is 41.2 Å². The van der Waals surface area contributed by atoms with Gasteiger partial charge in [-0.25, -0.2) is 0 Å². The van der Waals surface area contributed by atoms with Crippen LogP contribution in [0.15, 0.2) is 65.9 Å². The van der Waals surface area contributed by atoms with Gasteiger partial charge in [-0.15, -0.1) is 5.73 Å². The zero-order valence-corrected chi connectivity index (χ0v) is 20.4. The zero-order valence-electron chi connectivity index (χ0n) is 14.0. The van der Waals surface area contributed by atoms with Crippen molar-refractivity contribution in [2.45, 2.75) is 0 Å². The van der Waals surface area contributed by atoms with Gasteiger partial charge in [0.25, 0.3) is 0 Å². The van der Waals surface area contributed by atoms with Crippen LogP contribution in [0.3, 0.4) is 0 Å². The minimum absolute atomic E-state index is 0. The number of hydrogen-bond acceptors (Lipinski definition) is 1. The largest absolute Gasteiger partial charge is 1.00 e. The second-order valence-corrected chi connectivity index (χ2v) is 6.90. The molecule has 0 atom stereocenters. The Hall–Kier alpha value is -1.79. The SMILES string of the molecule is C1=Cc2ccc3ccc4ccc5ccc6c7c5c4c3c2[C]7C=1C=C6.[Hg+].[SH-]. The van der Waals surface area contributed by atoms with Crippen LogP contribution in [0.5, 0.6) is 0 Å². The Balaban J connectivity index is 0.000000750. The summed E-state index contributed by atoms with van der Waals surface area (Å²) < 4.78 is 0. The van der Waals surface area contributed by atoms with Gasteiger partial charge in [0.1, 0.15) is 0 Å². The monoisotopic (exact) mass is 534 g/mol. The van der Waals surface area contributed by atoms with E-state index in [-0.39, 0.29) is 41.2 Å². The molecule has 0 amide bonds. The average Bonchev–Trinajstić information content (AvgIpc) is 2.65. The van der Waals surface area contributed by atoms with E-state index in [1.165, 1.54) is 66.1 Å². The summed E-state index contributed by atoms with van der Waals surface area (Å²) in [5.41, 5.74) is 10.2. The number of hydrogen-bond donors (Lipinski definition) is 0.